The Morgan fingerprint density at radius 2 is 1.51 bits per heavy atom. The number of carboxylic acids is 1. The summed E-state index contributed by atoms with van der Waals surface area (Å²) in [6.45, 7) is 0. The van der Waals surface area contributed by atoms with Crippen molar-refractivity contribution in [3.05, 3.63) is 113 Å². The van der Waals surface area contributed by atoms with Crippen LogP contribution in [0.3, 0.4) is 0 Å². The molecule has 0 bridgehead atoms. The fourth-order valence-electron chi connectivity index (χ4n) is 5.10. The Balaban J connectivity index is 1.46. The molecule has 2 N–H and O–H groups in total. The molecule has 0 heterocycles. The molecule has 0 aliphatic heterocycles. The number of benzene rings is 4. The van der Waals surface area contributed by atoms with Crippen LogP contribution in [0.25, 0.3) is 10.8 Å². The first-order chi connectivity index (χ1) is 17.1. The lowest BCUT2D eigenvalue weighted by Gasteiger charge is -2.30. The number of carbonyl (C=O) groups excluding carboxylic acids is 1. The molecule has 1 saturated carbocycles. The third-order valence-electron chi connectivity index (χ3n) is 7.21. The summed E-state index contributed by atoms with van der Waals surface area (Å²) in [6.07, 6.45) is 4.86. The summed E-state index contributed by atoms with van der Waals surface area (Å²) in [5.74, 6) is -0.626. The standard InChI is InChI=1S/C31H29NO3/c33-30(28(19-21-9-7-10-21)27-17-8-14-22-11-1-4-15-25(22)27)32-29-18-6-3-13-24(29)20-23-12-2-5-16-26(23)31(34)35/h1-6,8,11-18,21,28H,7,9-10,19-20H2,(H,32,33)(H,34,35). The van der Waals surface area contributed by atoms with Gasteiger partial charge in [-0.15, -0.1) is 0 Å². The van der Waals surface area contributed by atoms with Crippen LogP contribution in [-0.2, 0) is 11.2 Å². The first-order valence-electron chi connectivity index (χ1n) is 12.3. The van der Waals surface area contributed by atoms with Crippen molar-refractivity contribution < 1.29 is 14.7 Å². The molecular formula is C31H29NO3. The minimum Gasteiger partial charge on any atom is -0.478 e. The molecular weight excluding hydrogens is 434 g/mol. The van der Waals surface area contributed by atoms with Crippen LogP contribution in [0, 0.1) is 5.92 Å². The van der Waals surface area contributed by atoms with E-state index in [1.165, 1.54) is 19.3 Å². The van der Waals surface area contributed by atoms with Crippen molar-refractivity contribution in [1.82, 2.24) is 0 Å². The van der Waals surface area contributed by atoms with Gasteiger partial charge in [-0.1, -0.05) is 98.1 Å². The number of carbonyl (C=O) groups is 2. The fraction of sp³-hybridized carbons (Fsp3) is 0.226. The second-order valence-electron chi connectivity index (χ2n) is 9.44. The van der Waals surface area contributed by atoms with Gasteiger partial charge in [0.2, 0.25) is 5.91 Å². The first kappa shape index (κ1) is 22.9. The second-order valence-corrected chi connectivity index (χ2v) is 9.44. The third kappa shape index (κ3) is 4.97. The predicted molar refractivity (Wildman–Crippen MR) is 140 cm³/mol. The van der Waals surface area contributed by atoms with Crippen molar-refractivity contribution in [2.24, 2.45) is 5.92 Å². The molecule has 1 fully saturated rings. The highest BCUT2D eigenvalue weighted by Gasteiger charge is 2.29. The van der Waals surface area contributed by atoms with Crippen LogP contribution in [0.15, 0.2) is 91.0 Å². The summed E-state index contributed by atoms with van der Waals surface area (Å²) in [7, 11) is 0. The van der Waals surface area contributed by atoms with E-state index in [9.17, 15) is 14.7 Å². The number of hydrogen-bond acceptors (Lipinski definition) is 2. The van der Waals surface area contributed by atoms with E-state index in [1.54, 1.807) is 12.1 Å². The van der Waals surface area contributed by atoms with Gasteiger partial charge in [0.25, 0.3) is 0 Å². The molecule has 0 aromatic heterocycles. The van der Waals surface area contributed by atoms with E-state index in [0.29, 0.717) is 12.3 Å². The van der Waals surface area contributed by atoms with Crippen molar-refractivity contribution in [2.75, 3.05) is 5.32 Å². The number of carboxylic acid groups (broad SMARTS) is 1. The molecule has 1 aliphatic rings. The summed E-state index contributed by atoms with van der Waals surface area (Å²) in [6, 6.07) is 29.2. The minimum absolute atomic E-state index is 0.00720. The lowest BCUT2D eigenvalue weighted by Crippen LogP contribution is -2.26. The average Bonchev–Trinajstić information content (AvgIpc) is 2.84. The number of aromatic carboxylic acids is 1. The summed E-state index contributed by atoms with van der Waals surface area (Å²) in [5, 5.41) is 15.1. The number of anilines is 1. The van der Waals surface area contributed by atoms with Crippen LogP contribution in [0.2, 0.25) is 0 Å². The summed E-state index contributed by atoms with van der Waals surface area (Å²) in [5.41, 5.74) is 3.71. The van der Waals surface area contributed by atoms with Crippen molar-refractivity contribution >= 4 is 28.3 Å². The van der Waals surface area contributed by atoms with Crippen LogP contribution >= 0.6 is 0 Å². The van der Waals surface area contributed by atoms with Crippen LogP contribution in [-0.4, -0.2) is 17.0 Å². The van der Waals surface area contributed by atoms with E-state index in [1.807, 2.05) is 54.6 Å². The lowest BCUT2D eigenvalue weighted by molar-refractivity contribution is -0.118. The molecule has 4 heteroatoms. The van der Waals surface area contributed by atoms with Crippen molar-refractivity contribution in [3.8, 4) is 0 Å². The highest BCUT2D eigenvalue weighted by atomic mass is 16.4. The van der Waals surface area contributed by atoms with Gasteiger partial charge >= 0.3 is 5.97 Å². The number of fused-ring (bicyclic) bond motifs is 1. The monoisotopic (exact) mass is 463 g/mol. The summed E-state index contributed by atoms with van der Waals surface area (Å²) >= 11 is 0. The predicted octanol–water partition coefficient (Wildman–Crippen LogP) is 7.04. The molecule has 5 rings (SSSR count). The zero-order valence-electron chi connectivity index (χ0n) is 19.6. The van der Waals surface area contributed by atoms with E-state index in [-0.39, 0.29) is 17.4 Å². The summed E-state index contributed by atoms with van der Waals surface area (Å²) < 4.78 is 0. The number of nitrogens with one attached hydrogen (secondary N) is 1. The lowest BCUT2D eigenvalue weighted by atomic mass is 9.76. The smallest absolute Gasteiger partial charge is 0.335 e. The number of hydrogen-bond donors (Lipinski definition) is 2. The zero-order chi connectivity index (χ0) is 24.2. The largest absolute Gasteiger partial charge is 0.478 e. The zero-order valence-corrected chi connectivity index (χ0v) is 19.6. The van der Waals surface area contributed by atoms with Gasteiger partial charge in [0.1, 0.15) is 0 Å². The molecule has 0 spiro atoms. The minimum atomic E-state index is -0.946. The van der Waals surface area contributed by atoms with Crippen LogP contribution in [0.5, 0.6) is 0 Å². The number of rotatable bonds is 8. The SMILES string of the molecule is O=C(O)c1ccccc1Cc1ccccc1NC(=O)C(CC1CCC1)c1cccc2ccccc12. The molecule has 4 nitrogen and oxygen atoms in total. The fourth-order valence-corrected chi connectivity index (χ4v) is 5.10. The maximum atomic E-state index is 13.8. The molecule has 1 amide bonds. The summed E-state index contributed by atoms with van der Waals surface area (Å²) in [4.78, 5) is 25.5. The Bertz CT molecular complexity index is 1370. The van der Waals surface area contributed by atoms with Crippen LogP contribution in [0.1, 0.15) is 58.6 Å². The highest BCUT2D eigenvalue weighted by molar-refractivity contribution is 6.00. The molecule has 0 radical (unpaired) electrons. The van der Waals surface area contributed by atoms with E-state index >= 15 is 0 Å². The molecule has 176 valence electrons. The Kier molecular flexibility index (Phi) is 6.62. The van der Waals surface area contributed by atoms with Crippen molar-refractivity contribution in [3.63, 3.8) is 0 Å². The van der Waals surface area contributed by atoms with Gasteiger partial charge in [-0.25, -0.2) is 4.79 Å². The molecule has 35 heavy (non-hydrogen) atoms. The maximum absolute atomic E-state index is 13.8. The normalized spacial score (nSPS) is 14.3. The topological polar surface area (TPSA) is 66.4 Å². The van der Waals surface area contributed by atoms with Crippen molar-refractivity contribution in [2.45, 2.75) is 38.0 Å². The Hall–Kier alpha value is -3.92. The Labute approximate surface area is 205 Å². The van der Waals surface area contributed by atoms with E-state index in [0.717, 1.165) is 39.6 Å². The van der Waals surface area contributed by atoms with E-state index in [4.69, 9.17) is 0 Å². The molecule has 4 aromatic carbocycles. The first-order valence-corrected chi connectivity index (χ1v) is 12.3. The van der Waals surface area contributed by atoms with E-state index in [2.05, 4.69) is 29.6 Å². The number of para-hydroxylation sites is 1. The third-order valence-corrected chi connectivity index (χ3v) is 7.21. The average molecular weight is 464 g/mol. The van der Waals surface area contributed by atoms with Gasteiger partial charge < -0.3 is 10.4 Å². The van der Waals surface area contributed by atoms with Gasteiger partial charge in [0, 0.05) is 12.1 Å². The van der Waals surface area contributed by atoms with Gasteiger partial charge in [0.05, 0.1) is 11.5 Å². The quantitative estimate of drug-likeness (QED) is 0.294. The van der Waals surface area contributed by atoms with Crippen LogP contribution in [0.4, 0.5) is 5.69 Å². The second kappa shape index (κ2) is 10.1. The van der Waals surface area contributed by atoms with Gasteiger partial charge in [0.15, 0.2) is 0 Å². The van der Waals surface area contributed by atoms with Crippen LogP contribution < -0.4 is 5.32 Å². The highest BCUT2D eigenvalue weighted by Crippen LogP contribution is 2.38. The molecule has 1 atom stereocenters. The molecule has 1 aliphatic carbocycles. The van der Waals surface area contributed by atoms with Gasteiger partial charge in [-0.3, -0.25) is 4.79 Å². The maximum Gasteiger partial charge on any atom is 0.335 e. The van der Waals surface area contributed by atoms with Gasteiger partial charge in [-0.05, 0) is 51.9 Å². The Morgan fingerprint density at radius 3 is 2.29 bits per heavy atom. The molecule has 4 aromatic rings. The molecule has 0 saturated heterocycles. The number of amides is 1. The molecule has 1 unspecified atom stereocenters. The van der Waals surface area contributed by atoms with Gasteiger partial charge in [-0.2, -0.15) is 0 Å². The van der Waals surface area contributed by atoms with Crippen molar-refractivity contribution in [1.29, 1.82) is 0 Å². The Morgan fingerprint density at radius 1 is 0.829 bits per heavy atom. The van der Waals surface area contributed by atoms with E-state index < -0.39 is 5.97 Å².